The van der Waals surface area contributed by atoms with Gasteiger partial charge >= 0.3 is 0 Å². The molecule has 0 aliphatic carbocycles. The van der Waals surface area contributed by atoms with Gasteiger partial charge in [-0.1, -0.05) is 25.1 Å². The van der Waals surface area contributed by atoms with Gasteiger partial charge in [-0.25, -0.2) is 5.43 Å². The van der Waals surface area contributed by atoms with Gasteiger partial charge in [0.2, 0.25) is 5.91 Å². The molecule has 0 aromatic heterocycles. The Labute approximate surface area is 177 Å². The summed E-state index contributed by atoms with van der Waals surface area (Å²) in [5.41, 5.74) is 4.42. The summed E-state index contributed by atoms with van der Waals surface area (Å²) in [6.45, 7) is 4.05. The zero-order valence-electron chi connectivity index (χ0n) is 17.2. The van der Waals surface area contributed by atoms with Gasteiger partial charge in [-0.3, -0.25) is 4.79 Å². The van der Waals surface area contributed by atoms with E-state index in [1.54, 1.807) is 0 Å². The van der Waals surface area contributed by atoms with Crippen LogP contribution in [-0.2, 0) is 4.79 Å². The molecule has 1 heterocycles. The maximum absolute atomic E-state index is 11.4. The Balaban J connectivity index is 1.29. The van der Waals surface area contributed by atoms with Gasteiger partial charge in [0, 0.05) is 18.9 Å². The topological polar surface area (TPSA) is 92.2 Å². The Morgan fingerprint density at radius 2 is 1.87 bits per heavy atom. The Bertz CT molecular complexity index is 824. The van der Waals surface area contributed by atoms with Gasteiger partial charge in [0.1, 0.15) is 24.2 Å². The maximum Gasteiger partial charge on any atom is 0.240 e. The Morgan fingerprint density at radius 3 is 2.60 bits per heavy atom. The molecule has 7 nitrogen and oxygen atoms in total. The van der Waals surface area contributed by atoms with Crippen LogP contribution in [0, 0.1) is 5.92 Å². The molecule has 0 fully saturated rings. The van der Waals surface area contributed by atoms with Gasteiger partial charge in [0.05, 0.1) is 12.3 Å². The van der Waals surface area contributed by atoms with Crippen LogP contribution in [0.4, 0.5) is 0 Å². The lowest BCUT2D eigenvalue weighted by Gasteiger charge is -2.19. The summed E-state index contributed by atoms with van der Waals surface area (Å²) < 4.78 is 11.3. The molecule has 2 aromatic carbocycles. The van der Waals surface area contributed by atoms with E-state index < -0.39 is 6.10 Å². The molecule has 2 aromatic rings. The number of hydrogen-bond acceptors (Lipinski definition) is 6. The predicted octanol–water partition coefficient (Wildman–Crippen LogP) is 2.35. The summed E-state index contributed by atoms with van der Waals surface area (Å²) in [7, 11) is 0. The van der Waals surface area contributed by atoms with Crippen LogP contribution in [0.1, 0.15) is 25.3 Å². The van der Waals surface area contributed by atoms with Gasteiger partial charge in [0.25, 0.3) is 0 Å². The van der Waals surface area contributed by atoms with Crippen LogP contribution in [0.3, 0.4) is 0 Å². The maximum atomic E-state index is 11.4. The van der Waals surface area contributed by atoms with Crippen LogP contribution in [0.5, 0.6) is 11.5 Å². The first-order valence-electron chi connectivity index (χ1n) is 10.3. The zero-order chi connectivity index (χ0) is 21.2. The van der Waals surface area contributed by atoms with Crippen molar-refractivity contribution in [1.82, 2.24) is 10.7 Å². The van der Waals surface area contributed by atoms with Crippen LogP contribution in [0.2, 0.25) is 0 Å². The third-order valence-corrected chi connectivity index (χ3v) is 4.74. The van der Waals surface area contributed by atoms with Crippen molar-refractivity contribution in [2.75, 3.05) is 26.3 Å². The summed E-state index contributed by atoms with van der Waals surface area (Å²) in [4.78, 5) is 11.4. The molecule has 2 unspecified atom stereocenters. The second-order valence-electron chi connectivity index (χ2n) is 7.35. The zero-order valence-corrected chi connectivity index (χ0v) is 17.2. The summed E-state index contributed by atoms with van der Waals surface area (Å²) >= 11 is 0. The number of para-hydroxylation sites is 1. The number of aliphatic hydroxyl groups is 1. The van der Waals surface area contributed by atoms with E-state index in [0.29, 0.717) is 19.6 Å². The van der Waals surface area contributed by atoms with E-state index in [2.05, 4.69) is 15.8 Å². The van der Waals surface area contributed by atoms with Gasteiger partial charge in [-0.2, -0.15) is 5.10 Å². The van der Waals surface area contributed by atoms with Crippen LogP contribution in [-0.4, -0.2) is 49.1 Å². The van der Waals surface area contributed by atoms with Crippen molar-refractivity contribution in [3.63, 3.8) is 0 Å². The van der Waals surface area contributed by atoms with E-state index in [4.69, 9.17) is 9.47 Å². The molecular formula is C23H29N3O4. The minimum Gasteiger partial charge on any atom is -0.494 e. The highest BCUT2D eigenvalue weighted by Gasteiger charge is 2.21. The standard InChI is InChI=1S/C23H29N3O4/c1-17-14-22(28)25-26-23(17)18-8-10-21(11-9-18)29-13-5-12-24-15-19(27)16-30-20-6-3-2-4-7-20/h2-4,6-11,17,19,24,27H,5,12-16H2,1H3,(H,25,28). The lowest BCUT2D eigenvalue weighted by atomic mass is 9.94. The van der Waals surface area contributed by atoms with Crippen molar-refractivity contribution in [2.24, 2.45) is 11.0 Å². The van der Waals surface area contributed by atoms with Gasteiger partial charge in [0.15, 0.2) is 0 Å². The Kier molecular flexibility index (Phi) is 8.23. The molecule has 0 bridgehead atoms. The smallest absolute Gasteiger partial charge is 0.240 e. The summed E-state index contributed by atoms with van der Waals surface area (Å²) in [6.07, 6.45) is 0.717. The number of benzene rings is 2. The molecule has 1 amide bonds. The van der Waals surface area contributed by atoms with Gasteiger partial charge in [-0.05, 0) is 54.9 Å². The van der Waals surface area contributed by atoms with Crippen molar-refractivity contribution in [3.05, 3.63) is 60.2 Å². The molecule has 1 aliphatic rings. The highest BCUT2D eigenvalue weighted by molar-refractivity contribution is 6.05. The molecule has 0 saturated carbocycles. The molecule has 0 spiro atoms. The van der Waals surface area contributed by atoms with Crippen molar-refractivity contribution < 1.29 is 19.4 Å². The number of nitrogens with zero attached hydrogens (tertiary/aromatic N) is 1. The normalized spacial score (nSPS) is 17.1. The minimum absolute atomic E-state index is 0.0453. The summed E-state index contributed by atoms with van der Waals surface area (Å²) in [5, 5.41) is 17.3. The number of rotatable bonds is 11. The molecule has 30 heavy (non-hydrogen) atoms. The summed E-state index contributed by atoms with van der Waals surface area (Å²) in [6, 6.07) is 17.2. The minimum atomic E-state index is -0.562. The number of aliphatic hydroxyl groups excluding tert-OH is 1. The average Bonchev–Trinajstić information content (AvgIpc) is 2.76. The second-order valence-corrected chi connectivity index (χ2v) is 7.35. The summed E-state index contributed by atoms with van der Waals surface area (Å²) in [5.74, 6) is 1.61. The largest absolute Gasteiger partial charge is 0.494 e. The molecule has 3 rings (SSSR count). The van der Waals surface area contributed by atoms with Gasteiger partial charge < -0.3 is 19.9 Å². The SMILES string of the molecule is CC1CC(=O)NN=C1c1ccc(OCCCNCC(O)COc2ccccc2)cc1. The molecule has 160 valence electrons. The first-order valence-corrected chi connectivity index (χ1v) is 10.3. The van der Waals surface area contributed by atoms with Gasteiger partial charge in [-0.15, -0.1) is 0 Å². The van der Waals surface area contributed by atoms with Crippen molar-refractivity contribution in [2.45, 2.75) is 25.9 Å². The van der Waals surface area contributed by atoms with E-state index in [-0.39, 0.29) is 18.4 Å². The van der Waals surface area contributed by atoms with E-state index >= 15 is 0 Å². The van der Waals surface area contributed by atoms with Crippen molar-refractivity contribution in [3.8, 4) is 11.5 Å². The fourth-order valence-corrected chi connectivity index (χ4v) is 3.15. The highest BCUT2D eigenvalue weighted by atomic mass is 16.5. The lowest BCUT2D eigenvalue weighted by molar-refractivity contribution is -0.121. The van der Waals surface area contributed by atoms with Crippen LogP contribution in [0.15, 0.2) is 59.7 Å². The number of nitrogens with one attached hydrogen (secondary N) is 2. The molecular weight excluding hydrogens is 382 g/mol. The number of carbonyl (C=O) groups is 1. The van der Waals surface area contributed by atoms with E-state index in [1.807, 2.05) is 61.5 Å². The molecule has 2 atom stereocenters. The monoisotopic (exact) mass is 411 g/mol. The Morgan fingerprint density at radius 1 is 1.13 bits per heavy atom. The molecule has 0 saturated heterocycles. The first-order chi connectivity index (χ1) is 14.6. The second kappa shape index (κ2) is 11.3. The molecule has 0 radical (unpaired) electrons. The Hall–Kier alpha value is -2.90. The molecule has 3 N–H and O–H groups in total. The quantitative estimate of drug-likeness (QED) is 0.494. The van der Waals surface area contributed by atoms with E-state index in [1.165, 1.54) is 0 Å². The predicted molar refractivity (Wildman–Crippen MR) is 116 cm³/mol. The number of hydrazone groups is 1. The van der Waals surface area contributed by atoms with Crippen LogP contribution < -0.4 is 20.2 Å². The average molecular weight is 412 g/mol. The van der Waals surface area contributed by atoms with Crippen LogP contribution >= 0.6 is 0 Å². The van der Waals surface area contributed by atoms with Crippen molar-refractivity contribution in [1.29, 1.82) is 0 Å². The number of hydrogen-bond donors (Lipinski definition) is 3. The van der Waals surface area contributed by atoms with Crippen molar-refractivity contribution >= 4 is 11.6 Å². The fourth-order valence-electron chi connectivity index (χ4n) is 3.15. The highest BCUT2D eigenvalue weighted by Crippen LogP contribution is 2.19. The van der Waals surface area contributed by atoms with E-state index in [0.717, 1.165) is 35.7 Å². The third kappa shape index (κ3) is 6.86. The van der Waals surface area contributed by atoms with E-state index in [9.17, 15) is 9.90 Å². The number of ether oxygens (including phenoxy) is 2. The first kappa shape index (κ1) is 21.8. The van der Waals surface area contributed by atoms with Crippen LogP contribution in [0.25, 0.3) is 0 Å². The fraction of sp³-hybridized carbons (Fsp3) is 0.391. The molecule has 7 heteroatoms. The third-order valence-electron chi connectivity index (χ3n) is 4.74. The molecule has 1 aliphatic heterocycles. The lowest BCUT2D eigenvalue weighted by Crippen LogP contribution is -2.32. The number of amides is 1. The number of carbonyl (C=O) groups excluding carboxylic acids is 1.